The molecule has 0 unspecified atom stereocenters. The van der Waals surface area contributed by atoms with Gasteiger partial charge in [-0.05, 0) is 46.3 Å². The van der Waals surface area contributed by atoms with Gasteiger partial charge in [0.25, 0.3) is 0 Å². The lowest BCUT2D eigenvalue weighted by molar-refractivity contribution is 0.626. The Morgan fingerprint density at radius 3 is 2.29 bits per heavy atom. The molecule has 0 spiro atoms. The first-order chi connectivity index (χ1) is 6.25. The van der Waals surface area contributed by atoms with E-state index in [0.29, 0.717) is 0 Å². The molecule has 0 N–H and O–H groups in total. The minimum absolute atomic E-state index is 0.0227. The summed E-state index contributed by atoms with van der Waals surface area (Å²) in [6, 6.07) is 1.94. The van der Waals surface area contributed by atoms with Gasteiger partial charge >= 0.3 is 0 Å². The lowest BCUT2D eigenvalue weighted by atomic mass is 10.2. The predicted octanol–water partition coefficient (Wildman–Crippen LogP) is 4.05. The van der Waals surface area contributed by atoms with E-state index >= 15 is 0 Å². The molecule has 0 nitrogen and oxygen atoms in total. The number of halogens is 3. The van der Waals surface area contributed by atoms with Crippen molar-refractivity contribution in [2.24, 2.45) is 0 Å². The zero-order chi connectivity index (χ0) is 11.1. The standard InChI is InChI=1S/C10H13BrFISi/c1-6-7(11)5-8(14(2,3)4)9(12)10(6)13/h5H,1-4H3. The smallest absolute Gasteiger partial charge is 0.136 e. The van der Waals surface area contributed by atoms with Crippen LogP contribution in [0, 0.1) is 16.3 Å². The lowest BCUT2D eigenvalue weighted by Gasteiger charge is -2.19. The number of hydrogen-bond donors (Lipinski definition) is 0. The van der Waals surface area contributed by atoms with Gasteiger partial charge < -0.3 is 0 Å². The normalized spacial score (nSPS) is 11.9. The van der Waals surface area contributed by atoms with E-state index in [1.807, 2.05) is 13.0 Å². The van der Waals surface area contributed by atoms with Crippen LogP contribution in [0.4, 0.5) is 4.39 Å². The van der Waals surface area contributed by atoms with E-state index in [2.05, 4.69) is 58.2 Å². The molecule has 0 amide bonds. The Morgan fingerprint density at radius 1 is 1.36 bits per heavy atom. The molecule has 0 aliphatic carbocycles. The van der Waals surface area contributed by atoms with Gasteiger partial charge in [-0.15, -0.1) is 0 Å². The van der Waals surface area contributed by atoms with E-state index in [4.69, 9.17) is 0 Å². The Hall–Kier alpha value is 0.577. The summed E-state index contributed by atoms with van der Waals surface area (Å²) in [6.45, 7) is 8.40. The van der Waals surface area contributed by atoms with Crippen LogP contribution in [0.25, 0.3) is 0 Å². The Labute approximate surface area is 108 Å². The number of hydrogen-bond acceptors (Lipinski definition) is 0. The van der Waals surface area contributed by atoms with Gasteiger partial charge in [0.05, 0.1) is 11.6 Å². The molecule has 0 fully saturated rings. The van der Waals surface area contributed by atoms with E-state index in [1.54, 1.807) is 0 Å². The van der Waals surface area contributed by atoms with Crippen LogP contribution in [0.1, 0.15) is 5.56 Å². The maximum Gasteiger partial charge on any atom is 0.136 e. The molecule has 0 aliphatic heterocycles. The summed E-state index contributed by atoms with van der Waals surface area (Å²) in [5.74, 6) is -0.0227. The average molecular weight is 387 g/mol. The summed E-state index contributed by atoms with van der Waals surface area (Å²) in [7, 11) is -1.57. The summed E-state index contributed by atoms with van der Waals surface area (Å²) in [5.41, 5.74) is 0.991. The van der Waals surface area contributed by atoms with Crippen molar-refractivity contribution < 1.29 is 4.39 Å². The van der Waals surface area contributed by atoms with E-state index in [-0.39, 0.29) is 5.82 Å². The second-order valence-electron chi connectivity index (χ2n) is 4.41. The summed E-state index contributed by atoms with van der Waals surface area (Å²) in [6.07, 6.45) is 0. The fourth-order valence-corrected chi connectivity index (χ4v) is 4.44. The van der Waals surface area contributed by atoms with Gasteiger partial charge in [0.2, 0.25) is 0 Å². The molecule has 4 heteroatoms. The molecule has 0 aliphatic rings. The minimum Gasteiger partial charge on any atom is -0.206 e. The van der Waals surface area contributed by atoms with Crippen molar-refractivity contribution in [3.8, 4) is 0 Å². The van der Waals surface area contributed by atoms with E-state index in [9.17, 15) is 4.39 Å². The van der Waals surface area contributed by atoms with Gasteiger partial charge in [-0.1, -0.05) is 35.6 Å². The van der Waals surface area contributed by atoms with Crippen LogP contribution in [0.3, 0.4) is 0 Å². The fraction of sp³-hybridized carbons (Fsp3) is 0.400. The van der Waals surface area contributed by atoms with Crippen LogP contribution in [0.5, 0.6) is 0 Å². The highest BCUT2D eigenvalue weighted by atomic mass is 127. The van der Waals surface area contributed by atoms with Crippen molar-refractivity contribution in [2.45, 2.75) is 26.6 Å². The molecule has 0 aromatic heterocycles. The Balaban J connectivity index is 3.49. The molecule has 1 rings (SSSR count). The molecule has 78 valence electrons. The molecule has 14 heavy (non-hydrogen) atoms. The molecule has 1 aromatic rings. The quantitative estimate of drug-likeness (QED) is 0.388. The summed E-state index contributed by atoms with van der Waals surface area (Å²) < 4.78 is 15.7. The van der Waals surface area contributed by atoms with Crippen molar-refractivity contribution in [3.63, 3.8) is 0 Å². The van der Waals surface area contributed by atoms with Gasteiger partial charge in [0, 0.05) is 4.47 Å². The van der Waals surface area contributed by atoms with Crippen LogP contribution in [0.2, 0.25) is 19.6 Å². The Kier molecular flexibility index (Phi) is 3.81. The predicted molar refractivity (Wildman–Crippen MR) is 74.5 cm³/mol. The van der Waals surface area contributed by atoms with E-state index < -0.39 is 8.07 Å². The van der Waals surface area contributed by atoms with Gasteiger partial charge in [-0.25, -0.2) is 4.39 Å². The van der Waals surface area contributed by atoms with Gasteiger partial charge in [-0.2, -0.15) is 0 Å². The first-order valence-electron chi connectivity index (χ1n) is 4.39. The summed E-state index contributed by atoms with van der Waals surface area (Å²) >= 11 is 5.55. The molecule has 1 aromatic carbocycles. The molecule has 0 saturated carbocycles. The molecule has 0 bridgehead atoms. The second-order valence-corrected chi connectivity index (χ2v) is 11.4. The summed E-state index contributed by atoms with van der Waals surface area (Å²) in [4.78, 5) is 0. The molecule has 0 atom stereocenters. The zero-order valence-electron chi connectivity index (χ0n) is 8.71. The first-order valence-corrected chi connectivity index (χ1v) is 9.77. The van der Waals surface area contributed by atoms with Gasteiger partial charge in [0.15, 0.2) is 0 Å². The minimum atomic E-state index is -1.57. The highest BCUT2D eigenvalue weighted by Crippen LogP contribution is 2.24. The third kappa shape index (κ3) is 2.39. The number of benzene rings is 1. The number of rotatable bonds is 1. The van der Waals surface area contributed by atoms with E-state index in [1.165, 1.54) is 0 Å². The second kappa shape index (κ2) is 4.21. The largest absolute Gasteiger partial charge is 0.206 e. The zero-order valence-corrected chi connectivity index (χ0v) is 13.5. The molecular weight excluding hydrogens is 374 g/mol. The van der Waals surface area contributed by atoms with Crippen LogP contribution < -0.4 is 5.19 Å². The van der Waals surface area contributed by atoms with Crippen LogP contribution >= 0.6 is 38.5 Å². The topological polar surface area (TPSA) is 0 Å². The highest BCUT2D eigenvalue weighted by molar-refractivity contribution is 14.1. The maximum absolute atomic E-state index is 13.9. The van der Waals surface area contributed by atoms with Gasteiger partial charge in [-0.3, -0.25) is 0 Å². The SMILES string of the molecule is Cc1c(Br)cc([Si](C)(C)C)c(F)c1I. The monoisotopic (exact) mass is 386 g/mol. The molecule has 0 saturated heterocycles. The van der Waals surface area contributed by atoms with Crippen molar-refractivity contribution in [1.29, 1.82) is 0 Å². The maximum atomic E-state index is 13.9. The fourth-order valence-electron chi connectivity index (χ4n) is 1.23. The first kappa shape index (κ1) is 12.6. The van der Waals surface area contributed by atoms with Crippen molar-refractivity contribution >= 4 is 51.8 Å². The Bertz CT molecular complexity index is 371. The lowest BCUT2D eigenvalue weighted by Crippen LogP contribution is -2.40. The molecule has 0 heterocycles. The third-order valence-electron chi connectivity index (χ3n) is 2.20. The average Bonchev–Trinajstić information content (AvgIpc) is 2.06. The molecular formula is C10H13BrFISi. The Morgan fingerprint density at radius 2 is 1.86 bits per heavy atom. The van der Waals surface area contributed by atoms with Crippen LogP contribution in [-0.2, 0) is 0 Å². The summed E-state index contributed by atoms with van der Waals surface area (Å²) in [5, 5.41) is 0.902. The third-order valence-corrected chi connectivity index (χ3v) is 6.28. The van der Waals surface area contributed by atoms with Crippen LogP contribution in [-0.4, -0.2) is 8.07 Å². The van der Waals surface area contributed by atoms with Gasteiger partial charge in [0.1, 0.15) is 5.82 Å². The highest BCUT2D eigenvalue weighted by Gasteiger charge is 2.24. The van der Waals surface area contributed by atoms with Crippen molar-refractivity contribution in [3.05, 3.63) is 25.5 Å². The van der Waals surface area contributed by atoms with Crippen molar-refractivity contribution in [2.75, 3.05) is 0 Å². The van der Waals surface area contributed by atoms with Crippen molar-refractivity contribution in [1.82, 2.24) is 0 Å². The van der Waals surface area contributed by atoms with Crippen LogP contribution in [0.15, 0.2) is 10.5 Å². The molecule has 0 radical (unpaired) electrons. The van der Waals surface area contributed by atoms with E-state index in [0.717, 1.165) is 18.8 Å².